The van der Waals surface area contributed by atoms with Gasteiger partial charge in [0, 0.05) is 17.5 Å². The molecule has 0 bridgehead atoms. The molecule has 1 N–H and O–H groups in total. The van der Waals surface area contributed by atoms with Gasteiger partial charge < -0.3 is 14.7 Å². The van der Waals surface area contributed by atoms with Crippen molar-refractivity contribution < 1.29 is 19.4 Å². The molecular weight excluding hydrogens is 306 g/mol. The highest BCUT2D eigenvalue weighted by atomic mass is 16.5. The first-order chi connectivity index (χ1) is 11.5. The summed E-state index contributed by atoms with van der Waals surface area (Å²) in [6.07, 6.45) is -0.231. The minimum atomic E-state index is -1.80. The maximum Gasteiger partial charge on any atom is 0.264 e. The summed E-state index contributed by atoms with van der Waals surface area (Å²) in [6, 6.07) is 14.4. The Morgan fingerprint density at radius 2 is 1.83 bits per heavy atom. The Morgan fingerprint density at radius 3 is 2.54 bits per heavy atom. The van der Waals surface area contributed by atoms with Crippen LogP contribution in [0.4, 0.5) is 5.69 Å². The van der Waals surface area contributed by atoms with E-state index in [9.17, 15) is 14.7 Å². The van der Waals surface area contributed by atoms with Gasteiger partial charge in [0.15, 0.2) is 5.60 Å². The fraction of sp³-hybridized carbons (Fsp3) is 0.263. The number of benzene rings is 2. The van der Waals surface area contributed by atoms with Gasteiger partial charge in [-0.15, -0.1) is 0 Å². The predicted octanol–water partition coefficient (Wildman–Crippen LogP) is 2.41. The van der Waals surface area contributed by atoms with Crippen LogP contribution in [0, 0.1) is 0 Å². The molecule has 2 aromatic rings. The fourth-order valence-corrected chi connectivity index (χ4v) is 3.20. The average Bonchev–Trinajstić information content (AvgIpc) is 2.77. The van der Waals surface area contributed by atoms with E-state index in [1.807, 2.05) is 24.3 Å². The zero-order chi connectivity index (χ0) is 17.3. The van der Waals surface area contributed by atoms with Crippen molar-refractivity contribution in [1.82, 2.24) is 0 Å². The molecule has 1 atom stereocenters. The number of fused-ring (bicyclic) bond motifs is 1. The van der Waals surface area contributed by atoms with Crippen molar-refractivity contribution in [3.8, 4) is 5.75 Å². The number of anilines is 1. The van der Waals surface area contributed by atoms with Crippen LogP contribution in [0.2, 0.25) is 0 Å². The normalized spacial score (nSPS) is 19.3. The van der Waals surface area contributed by atoms with Gasteiger partial charge in [-0.05, 0) is 19.1 Å². The summed E-state index contributed by atoms with van der Waals surface area (Å²) in [5.74, 6) is -0.0469. The molecule has 0 aromatic heterocycles. The lowest BCUT2D eigenvalue weighted by atomic mass is 9.90. The van der Waals surface area contributed by atoms with Crippen LogP contribution in [0.1, 0.15) is 24.5 Å². The molecule has 124 valence electrons. The molecule has 5 nitrogen and oxygen atoms in total. The van der Waals surface area contributed by atoms with Crippen LogP contribution < -0.4 is 9.64 Å². The van der Waals surface area contributed by atoms with Crippen molar-refractivity contribution >= 4 is 17.4 Å². The third kappa shape index (κ3) is 2.57. The number of Topliss-reactive ketones (excluding diaryl/α,β-unsaturated/α-hetero) is 1. The summed E-state index contributed by atoms with van der Waals surface area (Å²) < 4.78 is 5.34. The molecule has 3 rings (SSSR count). The fourth-order valence-electron chi connectivity index (χ4n) is 3.20. The smallest absolute Gasteiger partial charge is 0.264 e. The van der Waals surface area contributed by atoms with Gasteiger partial charge in [-0.1, -0.05) is 36.4 Å². The lowest BCUT2D eigenvalue weighted by molar-refractivity contribution is -0.141. The van der Waals surface area contributed by atoms with Crippen molar-refractivity contribution in [3.63, 3.8) is 0 Å². The van der Waals surface area contributed by atoms with Crippen LogP contribution in [-0.2, 0) is 21.7 Å². The third-order valence-corrected chi connectivity index (χ3v) is 4.27. The van der Waals surface area contributed by atoms with Gasteiger partial charge in [-0.3, -0.25) is 9.59 Å². The molecule has 1 amide bonds. The number of hydrogen-bond donors (Lipinski definition) is 1. The number of carbonyl (C=O) groups excluding carboxylic acids is 2. The Morgan fingerprint density at radius 1 is 1.17 bits per heavy atom. The van der Waals surface area contributed by atoms with Crippen molar-refractivity contribution in [3.05, 3.63) is 59.7 Å². The average molecular weight is 325 g/mol. The number of rotatable bonds is 5. The summed E-state index contributed by atoms with van der Waals surface area (Å²) in [4.78, 5) is 26.0. The van der Waals surface area contributed by atoms with Gasteiger partial charge in [0.05, 0.1) is 19.3 Å². The van der Waals surface area contributed by atoms with Gasteiger partial charge in [0.1, 0.15) is 11.5 Å². The molecule has 0 radical (unpaired) electrons. The Hall–Kier alpha value is -2.66. The Kier molecular flexibility index (Phi) is 4.11. The highest BCUT2D eigenvalue weighted by Gasteiger charge is 2.50. The van der Waals surface area contributed by atoms with Crippen LogP contribution in [0.25, 0.3) is 0 Å². The lowest BCUT2D eigenvalue weighted by Crippen LogP contribution is -2.41. The zero-order valence-electron chi connectivity index (χ0n) is 13.7. The molecular formula is C19H19NO4. The maximum absolute atomic E-state index is 12.9. The number of methoxy groups -OCH3 is 1. The summed E-state index contributed by atoms with van der Waals surface area (Å²) in [5.41, 5.74) is 0.122. The van der Waals surface area contributed by atoms with Gasteiger partial charge in [0.2, 0.25) is 0 Å². The second-order valence-corrected chi connectivity index (χ2v) is 5.96. The maximum atomic E-state index is 12.9. The van der Waals surface area contributed by atoms with E-state index in [1.54, 1.807) is 31.4 Å². The molecule has 0 spiro atoms. The first-order valence-corrected chi connectivity index (χ1v) is 7.72. The van der Waals surface area contributed by atoms with Crippen molar-refractivity contribution in [2.45, 2.75) is 25.5 Å². The van der Waals surface area contributed by atoms with E-state index in [-0.39, 0.29) is 18.7 Å². The molecule has 1 aliphatic heterocycles. The molecule has 0 fully saturated rings. The monoisotopic (exact) mass is 325 g/mol. The molecule has 0 saturated carbocycles. The second kappa shape index (κ2) is 6.09. The molecule has 5 heteroatoms. The lowest BCUT2D eigenvalue weighted by Gasteiger charge is -2.23. The van der Waals surface area contributed by atoms with Crippen molar-refractivity contribution in [2.75, 3.05) is 12.0 Å². The van der Waals surface area contributed by atoms with Crippen molar-refractivity contribution in [1.29, 1.82) is 0 Å². The number of carbonyl (C=O) groups is 2. The third-order valence-electron chi connectivity index (χ3n) is 4.27. The summed E-state index contributed by atoms with van der Waals surface area (Å²) in [7, 11) is 1.57. The van der Waals surface area contributed by atoms with Gasteiger partial charge in [-0.25, -0.2) is 0 Å². The zero-order valence-corrected chi connectivity index (χ0v) is 13.7. The summed E-state index contributed by atoms with van der Waals surface area (Å²) in [6.45, 7) is 1.64. The standard InChI is InChI=1S/C19H19NO4/c1-13(21)11-19(23)15-8-4-5-9-16(15)20(18(19)22)12-14-7-3-6-10-17(14)24-2/h3-10,23H,11-12H2,1-2H3. The molecule has 0 aliphatic carbocycles. The number of nitrogens with zero attached hydrogens (tertiary/aromatic N) is 1. The molecule has 24 heavy (non-hydrogen) atoms. The topological polar surface area (TPSA) is 66.8 Å². The van der Waals surface area contributed by atoms with Crippen molar-refractivity contribution in [2.24, 2.45) is 0 Å². The van der Waals surface area contributed by atoms with Crippen LogP contribution in [0.3, 0.4) is 0 Å². The van der Waals surface area contributed by atoms with Crippen LogP contribution in [-0.4, -0.2) is 23.9 Å². The highest BCUT2D eigenvalue weighted by Crippen LogP contribution is 2.43. The predicted molar refractivity (Wildman–Crippen MR) is 89.8 cm³/mol. The van der Waals surface area contributed by atoms with Gasteiger partial charge in [-0.2, -0.15) is 0 Å². The van der Waals surface area contributed by atoms with E-state index in [0.717, 1.165) is 5.56 Å². The quantitative estimate of drug-likeness (QED) is 0.917. The van der Waals surface area contributed by atoms with Crippen LogP contribution >= 0.6 is 0 Å². The van der Waals surface area contributed by atoms with Gasteiger partial charge in [0.25, 0.3) is 5.91 Å². The molecule has 0 saturated heterocycles. The number of ketones is 1. The Labute approximate surface area is 140 Å². The second-order valence-electron chi connectivity index (χ2n) is 5.96. The molecule has 1 heterocycles. The number of amides is 1. The minimum Gasteiger partial charge on any atom is -0.496 e. The van der Waals surface area contributed by atoms with E-state index in [1.165, 1.54) is 11.8 Å². The van der Waals surface area contributed by atoms with E-state index < -0.39 is 11.5 Å². The van der Waals surface area contributed by atoms with E-state index in [4.69, 9.17) is 4.74 Å². The molecule has 2 aromatic carbocycles. The Bertz CT molecular complexity index is 801. The Balaban J connectivity index is 2.03. The molecule has 1 unspecified atom stereocenters. The largest absolute Gasteiger partial charge is 0.496 e. The van der Waals surface area contributed by atoms with Gasteiger partial charge >= 0.3 is 0 Å². The molecule has 1 aliphatic rings. The first kappa shape index (κ1) is 16.2. The van der Waals surface area contributed by atoms with E-state index in [2.05, 4.69) is 0 Å². The summed E-state index contributed by atoms with van der Waals surface area (Å²) in [5, 5.41) is 10.9. The van der Waals surface area contributed by atoms with Crippen LogP contribution in [0.5, 0.6) is 5.75 Å². The number of hydrogen-bond acceptors (Lipinski definition) is 4. The van der Waals surface area contributed by atoms with Crippen LogP contribution in [0.15, 0.2) is 48.5 Å². The number of aliphatic hydroxyl groups is 1. The number of para-hydroxylation sites is 2. The summed E-state index contributed by atoms with van der Waals surface area (Å²) >= 11 is 0. The highest BCUT2D eigenvalue weighted by molar-refractivity contribution is 6.08. The van der Waals surface area contributed by atoms with E-state index in [0.29, 0.717) is 17.0 Å². The van der Waals surface area contributed by atoms with E-state index >= 15 is 0 Å². The number of ether oxygens (including phenoxy) is 1. The minimum absolute atomic E-state index is 0.231. The first-order valence-electron chi connectivity index (χ1n) is 7.72. The SMILES string of the molecule is COc1ccccc1CN1C(=O)C(O)(CC(C)=O)c2ccccc21.